The average Bonchev–Trinajstić information content (AvgIpc) is 2.73. The number of sulfonamides is 1. The molecule has 4 nitrogen and oxygen atoms in total. The molecule has 0 aliphatic carbocycles. The SMILES string of the molecule is CN1C=C(NS(=O)(=O)CCc2ccccc2)CC1. The summed E-state index contributed by atoms with van der Waals surface area (Å²) in [4.78, 5) is 1.98. The molecule has 0 saturated heterocycles. The van der Waals surface area contributed by atoms with Crippen molar-refractivity contribution in [3.05, 3.63) is 47.8 Å². The van der Waals surface area contributed by atoms with Gasteiger partial charge in [-0.3, -0.25) is 4.72 Å². The zero-order valence-corrected chi connectivity index (χ0v) is 11.3. The van der Waals surface area contributed by atoms with Crippen molar-refractivity contribution in [3.63, 3.8) is 0 Å². The summed E-state index contributed by atoms with van der Waals surface area (Å²) in [5.74, 6) is 0.123. The van der Waals surface area contributed by atoms with Gasteiger partial charge in [0.1, 0.15) is 0 Å². The quantitative estimate of drug-likeness (QED) is 0.874. The number of rotatable bonds is 5. The second-order valence-corrected chi connectivity index (χ2v) is 6.38. The van der Waals surface area contributed by atoms with Crippen LogP contribution in [0.15, 0.2) is 42.2 Å². The summed E-state index contributed by atoms with van der Waals surface area (Å²) in [6.07, 6.45) is 3.15. The second-order valence-electron chi connectivity index (χ2n) is 4.54. The van der Waals surface area contributed by atoms with E-state index in [1.54, 1.807) is 0 Å². The molecule has 0 radical (unpaired) electrons. The number of nitrogens with one attached hydrogen (secondary N) is 1. The van der Waals surface area contributed by atoms with Crippen LogP contribution in [-0.2, 0) is 16.4 Å². The standard InChI is InChI=1S/C13H18N2O2S/c1-15-9-7-13(11-15)14-18(16,17)10-8-12-5-3-2-4-6-12/h2-6,11,14H,7-10H2,1H3. The Morgan fingerprint density at radius 2 is 2.00 bits per heavy atom. The van der Waals surface area contributed by atoms with E-state index in [0.717, 1.165) is 24.2 Å². The lowest BCUT2D eigenvalue weighted by molar-refractivity contribution is 0.496. The predicted molar refractivity (Wildman–Crippen MR) is 72.4 cm³/mol. The summed E-state index contributed by atoms with van der Waals surface area (Å²) >= 11 is 0. The lowest BCUT2D eigenvalue weighted by atomic mass is 10.2. The molecule has 1 aliphatic rings. The van der Waals surface area contributed by atoms with Gasteiger partial charge in [0.15, 0.2) is 0 Å². The first-order valence-electron chi connectivity index (χ1n) is 6.00. The van der Waals surface area contributed by atoms with Crippen LogP contribution in [0.3, 0.4) is 0 Å². The van der Waals surface area contributed by atoms with Crippen molar-refractivity contribution in [2.45, 2.75) is 12.8 Å². The Morgan fingerprint density at radius 3 is 2.61 bits per heavy atom. The Labute approximate surface area is 108 Å². The molecule has 5 heteroatoms. The van der Waals surface area contributed by atoms with Crippen molar-refractivity contribution in [1.29, 1.82) is 0 Å². The first kappa shape index (κ1) is 13.0. The number of benzene rings is 1. The first-order valence-corrected chi connectivity index (χ1v) is 7.66. The molecule has 1 aromatic rings. The smallest absolute Gasteiger partial charge is 0.232 e. The lowest BCUT2D eigenvalue weighted by Gasteiger charge is -2.07. The lowest BCUT2D eigenvalue weighted by Crippen LogP contribution is -2.26. The van der Waals surface area contributed by atoms with E-state index < -0.39 is 10.0 Å². The third-order valence-electron chi connectivity index (χ3n) is 2.90. The maximum Gasteiger partial charge on any atom is 0.232 e. The molecule has 1 aromatic carbocycles. The van der Waals surface area contributed by atoms with Crippen molar-refractivity contribution in [2.24, 2.45) is 0 Å². The highest BCUT2D eigenvalue weighted by molar-refractivity contribution is 7.89. The summed E-state index contributed by atoms with van der Waals surface area (Å²) in [6.45, 7) is 0.872. The normalized spacial score (nSPS) is 15.6. The molecule has 18 heavy (non-hydrogen) atoms. The van der Waals surface area contributed by atoms with Gasteiger partial charge in [0, 0.05) is 31.9 Å². The van der Waals surface area contributed by atoms with E-state index >= 15 is 0 Å². The fourth-order valence-corrected chi connectivity index (χ4v) is 3.08. The summed E-state index contributed by atoms with van der Waals surface area (Å²) in [7, 11) is -1.30. The molecule has 2 rings (SSSR count). The van der Waals surface area contributed by atoms with Crippen LogP contribution >= 0.6 is 0 Å². The van der Waals surface area contributed by atoms with E-state index in [2.05, 4.69) is 4.72 Å². The van der Waals surface area contributed by atoms with Crippen LogP contribution in [0, 0.1) is 0 Å². The van der Waals surface area contributed by atoms with Gasteiger partial charge in [0.25, 0.3) is 0 Å². The van der Waals surface area contributed by atoms with Crippen molar-refractivity contribution in [1.82, 2.24) is 9.62 Å². The molecule has 0 saturated carbocycles. The van der Waals surface area contributed by atoms with Gasteiger partial charge >= 0.3 is 0 Å². The molecule has 0 fully saturated rings. The average molecular weight is 266 g/mol. The van der Waals surface area contributed by atoms with Crippen LogP contribution in [0.4, 0.5) is 0 Å². The summed E-state index contributed by atoms with van der Waals surface area (Å²) < 4.78 is 26.4. The van der Waals surface area contributed by atoms with Gasteiger partial charge in [-0.2, -0.15) is 0 Å². The molecule has 1 heterocycles. The minimum atomic E-state index is -3.23. The third kappa shape index (κ3) is 3.77. The highest BCUT2D eigenvalue weighted by Gasteiger charge is 2.16. The third-order valence-corrected chi connectivity index (χ3v) is 4.21. The van der Waals surface area contributed by atoms with Gasteiger partial charge < -0.3 is 4.90 Å². The monoisotopic (exact) mass is 266 g/mol. The molecule has 1 aliphatic heterocycles. The highest BCUT2D eigenvalue weighted by atomic mass is 32.2. The molecule has 0 amide bonds. The molecule has 98 valence electrons. The number of hydrogen-bond donors (Lipinski definition) is 1. The molecular formula is C13H18N2O2S. The fraction of sp³-hybridized carbons (Fsp3) is 0.385. The van der Waals surface area contributed by atoms with Crippen molar-refractivity contribution in [3.8, 4) is 0 Å². The van der Waals surface area contributed by atoms with Gasteiger partial charge in [-0.1, -0.05) is 30.3 Å². The van der Waals surface area contributed by atoms with Gasteiger partial charge in [-0.05, 0) is 12.0 Å². The van der Waals surface area contributed by atoms with Gasteiger partial charge in [-0.15, -0.1) is 0 Å². The highest BCUT2D eigenvalue weighted by Crippen LogP contribution is 2.11. The fourth-order valence-electron chi connectivity index (χ4n) is 1.92. The molecule has 0 spiro atoms. The van der Waals surface area contributed by atoms with Crippen molar-refractivity contribution in [2.75, 3.05) is 19.3 Å². The van der Waals surface area contributed by atoms with Gasteiger partial charge in [-0.25, -0.2) is 8.42 Å². The molecular weight excluding hydrogens is 248 g/mol. The number of nitrogens with zero attached hydrogens (tertiary/aromatic N) is 1. The van der Waals surface area contributed by atoms with Crippen LogP contribution < -0.4 is 4.72 Å². The molecule has 0 atom stereocenters. The van der Waals surface area contributed by atoms with E-state index in [4.69, 9.17) is 0 Å². The molecule has 0 unspecified atom stereocenters. The predicted octanol–water partition coefficient (Wildman–Crippen LogP) is 1.33. The van der Waals surface area contributed by atoms with Gasteiger partial charge in [0.2, 0.25) is 10.0 Å². The van der Waals surface area contributed by atoms with Crippen LogP contribution in [-0.4, -0.2) is 32.7 Å². The molecule has 0 bridgehead atoms. The van der Waals surface area contributed by atoms with Crippen LogP contribution in [0.1, 0.15) is 12.0 Å². The molecule has 1 N–H and O–H groups in total. The van der Waals surface area contributed by atoms with E-state index in [9.17, 15) is 8.42 Å². The number of aryl methyl sites for hydroxylation is 1. The Bertz CT molecular complexity index is 523. The van der Waals surface area contributed by atoms with Gasteiger partial charge in [0.05, 0.1) is 5.75 Å². The largest absolute Gasteiger partial charge is 0.379 e. The van der Waals surface area contributed by atoms with E-state index in [0.29, 0.717) is 6.42 Å². The topological polar surface area (TPSA) is 49.4 Å². The Balaban J connectivity index is 1.90. The second kappa shape index (κ2) is 5.44. The maximum atomic E-state index is 11.9. The first-order chi connectivity index (χ1) is 8.55. The minimum Gasteiger partial charge on any atom is -0.379 e. The number of hydrogen-bond acceptors (Lipinski definition) is 3. The van der Waals surface area contributed by atoms with Crippen LogP contribution in [0.5, 0.6) is 0 Å². The zero-order valence-electron chi connectivity index (χ0n) is 10.5. The zero-order chi connectivity index (χ0) is 13.0. The van der Waals surface area contributed by atoms with Crippen LogP contribution in [0.2, 0.25) is 0 Å². The summed E-state index contributed by atoms with van der Waals surface area (Å²) in [6, 6.07) is 9.65. The Morgan fingerprint density at radius 1 is 1.28 bits per heavy atom. The summed E-state index contributed by atoms with van der Waals surface area (Å²) in [5.41, 5.74) is 1.82. The Kier molecular flexibility index (Phi) is 3.91. The minimum absolute atomic E-state index is 0.123. The van der Waals surface area contributed by atoms with E-state index in [-0.39, 0.29) is 5.75 Å². The van der Waals surface area contributed by atoms with Crippen LogP contribution in [0.25, 0.3) is 0 Å². The molecule has 0 aromatic heterocycles. The Hall–Kier alpha value is -1.49. The van der Waals surface area contributed by atoms with Crippen molar-refractivity contribution < 1.29 is 8.42 Å². The van der Waals surface area contributed by atoms with Crippen molar-refractivity contribution >= 4 is 10.0 Å². The van der Waals surface area contributed by atoms with E-state index in [1.165, 1.54) is 0 Å². The van der Waals surface area contributed by atoms with E-state index in [1.807, 2.05) is 48.5 Å². The maximum absolute atomic E-state index is 11.9. The summed E-state index contributed by atoms with van der Waals surface area (Å²) in [5, 5.41) is 0.